The molecular weight excluding hydrogens is 471 g/mol. The lowest BCUT2D eigenvalue weighted by molar-refractivity contribution is -0.131. The van der Waals surface area contributed by atoms with Crippen LogP contribution >= 0.6 is 11.3 Å². The van der Waals surface area contributed by atoms with Crippen molar-refractivity contribution in [2.24, 2.45) is 0 Å². The Morgan fingerprint density at radius 1 is 1.06 bits per heavy atom. The molecule has 0 atom stereocenters. The second-order valence-corrected chi connectivity index (χ2v) is 11.8. The normalized spacial score (nSPS) is 12.8. The minimum absolute atomic E-state index is 0.0285. The third kappa shape index (κ3) is 5.83. The van der Waals surface area contributed by atoms with Crippen molar-refractivity contribution >= 4 is 33.0 Å². The van der Waals surface area contributed by atoms with Gasteiger partial charge in [0.2, 0.25) is 0 Å². The van der Waals surface area contributed by atoms with Gasteiger partial charge in [0.1, 0.15) is 5.75 Å². The highest BCUT2D eigenvalue weighted by molar-refractivity contribution is 7.20. The molecule has 1 N–H and O–H groups in total. The summed E-state index contributed by atoms with van der Waals surface area (Å²) in [6, 6.07) is 12.8. The molecule has 2 aromatic carbocycles. The molecule has 0 aliphatic rings. The van der Waals surface area contributed by atoms with Gasteiger partial charge in [0, 0.05) is 38.6 Å². The van der Waals surface area contributed by atoms with Crippen LogP contribution in [0.5, 0.6) is 5.75 Å². The summed E-state index contributed by atoms with van der Waals surface area (Å²) >= 11 is 1.59. The second kappa shape index (κ2) is 11.2. The highest BCUT2D eigenvalue weighted by atomic mass is 32.1. The fraction of sp³-hybridized carbons (Fsp3) is 0.452. The maximum Gasteiger partial charge on any atom is 0.328 e. The van der Waals surface area contributed by atoms with Gasteiger partial charge in [0.15, 0.2) is 0 Å². The van der Waals surface area contributed by atoms with Crippen LogP contribution in [0.25, 0.3) is 26.8 Å². The van der Waals surface area contributed by atoms with Gasteiger partial charge in [-0.15, -0.1) is 11.3 Å². The average molecular weight is 511 g/mol. The molecule has 0 saturated heterocycles. The minimum atomic E-state index is -0.949. The lowest BCUT2D eigenvalue weighted by atomic mass is 9.74. The molecule has 1 aromatic heterocycles. The number of benzene rings is 2. The van der Waals surface area contributed by atoms with Gasteiger partial charge in [-0.05, 0) is 65.5 Å². The van der Waals surface area contributed by atoms with Crippen molar-refractivity contribution in [3.05, 3.63) is 58.5 Å². The van der Waals surface area contributed by atoms with Crippen molar-refractivity contribution in [2.45, 2.75) is 78.6 Å². The fourth-order valence-electron chi connectivity index (χ4n) is 4.25. The van der Waals surface area contributed by atoms with Crippen molar-refractivity contribution in [1.29, 1.82) is 0 Å². The zero-order valence-corrected chi connectivity index (χ0v) is 23.4. The van der Waals surface area contributed by atoms with Crippen molar-refractivity contribution in [3.63, 3.8) is 0 Å². The zero-order chi connectivity index (χ0) is 26.7. The Morgan fingerprint density at radius 3 is 2.36 bits per heavy atom. The number of ether oxygens (including phenoxy) is 1. The molecule has 194 valence electrons. The van der Waals surface area contributed by atoms with Gasteiger partial charge < -0.3 is 9.84 Å². The zero-order valence-electron chi connectivity index (χ0n) is 22.6. The first-order valence-corrected chi connectivity index (χ1v) is 13.6. The highest BCUT2D eigenvalue weighted by Crippen LogP contribution is 2.47. The average Bonchev–Trinajstić information content (AvgIpc) is 3.28. The Balaban J connectivity index is 2.38. The summed E-state index contributed by atoms with van der Waals surface area (Å²) in [6.07, 6.45) is 3.53. The van der Waals surface area contributed by atoms with Crippen LogP contribution in [0, 0.1) is 0 Å². The van der Waals surface area contributed by atoms with Crippen LogP contribution < -0.4 is 4.74 Å². The van der Waals surface area contributed by atoms with E-state index in [-0.39, 0.29) is 10.8 Å². The van der Waals surface area contributed by atoms with E-state index in [1.807, 2.05) is 13.0 Å². The van der Waals surface area contributed by atoms with Crippen LogP contribution in [-0.4, -0.2) is 24.4 Å². The standard InChI is InChI=1S/C31H39FO3S/c1-8-30(4,5)21-17-24(29(35-15-11-14-32)25(18-21)31(6,7)9-2)22-12-10-13-26-23(22)19-27(36-26)20(3)16-28(33)34/h10,12-13,16-19H,8-9,11,14-15H2,1-7H3,(H,33,34)/b20-16-. The molecule has 3 aromatic rings. The maximum absolute atomic E-state index is 13.0. The van der Waals surface area contributed by atoms with E-state index in [4.69, 9.17) is 4.74 Å². The third-order valence-electron chi connectivity index (χ3n) is 7.47. The lowest BCUT2D eigenvalue weighted by Crippen LogP contribution is -2.22. The fourth-order valence-corrected chi connectivity index (χ4v) is 5.31. The van der Waals surface area contributed by atoms with Gasteiger partial charge in [-0.2, -0.15) is 0 Å². The van der Waals surface area contributed by atoms with Crippen molar-refractivity contribution in [2.75, 3.05) is 13.3 Å². The number of carbonyl (C=O) groups is 1. The number of hydrogen-bond donors (Lipinski definition) is 1. The van der Waals surface area contributed by atoms with Crippen LogP contribution in [-0.2, 0) is 15.6 Å². The molecule has 3 nitrogen and oxygen atoms in total. The van der Waals surface area contributed by atoms with E-state index in [9.17, 15) is 14.3 Å². The van der Waals surface area contributed by atoms with Crippen LogP contribution in [0.15, 0.2) is 42.5 Å². The van der Waals surface area contributed by atoms with Crippen molar-refractivity contribution in [1.82, 2.24) is 0 Å². The van der Waals surface area contributed by atoms with Crippen molar-refractivity contribution in [3.8, 4) is 16.9 Å². The van der Waals surface area contributed by atoms with E-state index in [1.165, 1.54) is 11.6 Å². The van der Waals surface area contributed by atoms with E-state index in [2.05, 4.69) is 71.9 Å². The summed E-state index contributed by atoms with van der Waals surface area (Å²) in [5.74, 6) is -0.126. The number of hydrogen-bond acceptors (Lipinski definition) is 3. The molecule has 1 heterocycles. The van der Waals surface area contributed by atoms with E-state index < -0.39 is 12.6 Å². The van der Waals surface area contributed by atoms with E-state index >= 15 is 0 Å². The van der Waals surface area contributed by atoms with Crippen LogP contribution in [0.2, 0.25) is 0 Å². The smallest absolute Gasteiger partial charge is 0.328 e. The molecule has 0 saturated carbocycles. The van der Waals surface area contributed by atoms with E-state index in [1.54, 1.807) is 11.3 Å². The minimum Gasteiger partial charge on any atom is -0.493 e. The van der Waals surface area contributed by atoms with Gasteiger partial charge >= 0.3 is 5.97 Å². The molecule has 0 aliphatic heterocycles. The molecule has 0 bridgehead atoms. The molecule has 5 heteroatoms. The third-order valence-corrected chi connectivity index (χ3v) is 8.71. The second-order valence-electron chi connectivity index (χ2n) is 10.8. The van der Waals surface area contributed by atoms with Crippen molar-refractivity contribution < 1.29 is 19.0 Å². The van der Waals surface area contributed by atoms with Crippen LogP contribution in [0.3, 0.4) is 0 Å². The number of allylic oxidation sites excluding steroid dienone is 1. The number of thiophene rings is 1. The number of alkyl halides is 1. The molecule has 3 rings (SSSR count). The van der Waals surface area contributed by atoms with Crippen LogP contribution in [0.1, 0.15) is 83.7 Å². The van der Waals surface area contributed by atoms with E-state index in [0.717, 1.165) is 55.8 Å². The van der Waals surface area contributed by atoms with Gasteiger partial charge in [-0.3, -0.25) is 4.39 Å². The Hall–Kier alpha value is -2.66. The highest BCUT2D eigenvalue weighted by Gasteiger charge is 2.30. The number of rotatable bonds is 11. The Kier molecular flexibility index (Phi) is 8.66. The number of carboxylic acids is 1. The van der Waals surface area contributed by atoms with Gasteiger partial charge in [0.25, 0.3) is 0 Å². The first-order valence-electron chi connectivity index (χ1n) is 12.8. The van der Waals surface area contributed by atoms with Crippen LogP contribution in [0.4, 0.5) is 4.39 Å². The molecule has 36 heavy (non-hydrogen) atoms. The van der Waals surface area contributed by atoms with Gasteiger partial charge in [-0.25, -0.2) is 4.79 Å². The molecule has 0 radical (unpaired) electrons. The number of carboxylic acid groups (broad SMARTS) is 1. The quantitative estimate of drug-likeness (QED) is 0.207. The summed E-state index contributed by atoms with van der Waals surface area (Å²) in [4.78, 5) is 12.2. The Labute approximate surface area is 219 Å². The number of fused-ring (bicyclic) bond motifs is 1. The molecule has 0 fully saturated rings. The largest absolute Gasteiger partial charge is 0.493 e. The molecule has 0 amide bonds. The Bertz CT molecular complexity index is 1270. The summed E-state index contributed by atoms with van der Waals surface area (Å²) in [6.45, 7) is 15.1. The Morgan fingerprint density at radius 2 is 1.75 bits per heavy atom. The topological polar surface area (TPSA) is 46.5 Å². The summed E-state index contributed by atoms with van der Waals surface area (Å²) in [5.41, 5.74) is 5.03. The van der Waals surface area contributed by atoms with Gasteiger partial charge in [0.05, 0.1) is 13.3 Å². The monoisotopic (exact) mass is 510 g/mol. The molecular formula is C31H39FO3S. The summed E-state index contributed by atoms with van der Waals surface area (Å²) in [7, 11) is 0. The first-order chi connectivity index (χ1) is 16.9. The SMILES string of the molecule is CCC(C)(C)c1cc(-c2cccc3sc(/C(C)=C\C(=O)O)cc23)c(OCCCF)c(C(C)(C)CC)c1. The molecule has 0 spiro atoms. The number of halogens is 1. The maximum atomic E-state index is 13.0. The lowest BCUT2D eigenvalue weighted by Gasteiger charge is -2.32. The first kappa shape index (κ1) is 27.9. The summed E-state index contributed by atoms with van der Waals surface area (Å²) < 4.78 is 20.5. The van der Waals surface area contributed by atoms with Gasteiger partial charge in [-0.1, -0.05) is 59.7 Å². The predicted molar refractivity (Wildman–Crippen MR) is 151 cm³/mol. The number of aliphatic carboxylic acids is 1. The van der Waals surface area contributed by atoms with E-state index in [0.29, 0.717) is 13.0 Å². The predicted octanol–water partition coefficient (Wildman–Crippen LogP) is 9.17. The summed E-state index contributed by atoms with van der Waals surface area (Å²) in [5, 5.41) is 10.3. The molecule has 0 aliphatic carbocycles. The molecule has 0 unspecified atom stereocenters.